The zero-order valence-corrected chi connectivity index (χ0v) is 18.6. The van der Waals surface area contributed by atoms with Gasteiger partial charge in [0.05, 0.1) is 19.3 Å². The van der Waals surface area contributed by atoms with E-state index in [0.717, 1.165) is 22.5 Å². The van der Waals surface area contributed by atoms with E-state index in [0.29, 0.717) is 25.0 Å². The van der Waals surface area contributed by atoms with Crippen LogP contribution in [0.5, 0.6) is 5.88 Å². The number of rotatable bonds is 10. The molecule has 3 rings (SSSR count). The van der Waals surface area contributed by atoms with E-state index in [1.54, 1.807) is 25.4 Å². The maximum Gasteiger partial charge on any atom is 0.262 e. The highest BCUT2D eigenvalue weighted by atomic mass is 16.5. The highest BCUT2D eigenvalue weighted by molar-refractivity contribution is 6.01. The van der Waals surface area contributed by atoms with Gasteiger partial charge in [-0.3, -0.25) is 4.79 Å². The Hall–Kier alpha value is -3.11. The summed E-state index contributed by atoms with van der Waals surface area (Å²) in [6.45, 7) is 7.65. The lowest BCUT2D eigenvalue weighted by Crippen LogP contribution is -2.24. The second-order valence-electron chi connectivity index (χ2n) is 8.11. The van der Waals surface area contributed by atoms with Crippen LogP contribution in [0.1, 0.15) is 48.3 Å². The summed E-state index contributed by atoms with van der Waals surface area (Å²) >= 11 is 0. The van der Waals surface area contributed by atoms with Gasteiger partial charge in [0.1, 0.15) is 11.6 Å². The van der Waals surface area contributed by atoms with Crippen LogP contribution in [-0.4, -0.2) is 35.8 Å². The van der Waals surface area contributed by atoms with Crippen molar-refractivity contribution in [2.75, 3.05) is 20.3 Å². The van der Waals surface area contributed by atoms with Crippen molar-refractivity contribution in [3.8, 4) is 11.9 Å². The minimum absolute atomic E-state index is 0.0667. The van der Waals surface area contributed by atoms with Crippen LogP contribution >= 0.6 is 0 Å². The van der Waals surface area contributed by atoms with Crippen molar-refractivity contribution in [3.63, 3.8) is 0 Å². The monoisotopic (exact) mass is 422 g/mol. The lowest BCUT2D eigenvalue weighted by atomic mass is 10.1. The van der Waals surface area contributed by atoms with Gasteiger partial charge in [0.15, 0.2) is 0 Å². The van der Waals surface area contributed by atoms with E-state index in [2.05, 4.69) is 21.8 Å². The van der Waals surface area contributed by atoms with Crippen LogP contribution in [0.15, 0.2) is 30.0 Å². The Bertz CT molecular complexity index is 981. The number of amides is 1. The molecule has 2 aromatic rings. The normalized spacial score (nSPS) is 14.7. The summed E-state index contributed by atoms with van der Waals surface area (Å²) in [6.07, 6.45) is 5.79. The number of hydrogen-bond donors (Lipinski definition) is 1. The molecule has 164 valence electrons. The molecule has 1 amide bonds. The molecule has 1 atom stereocenters. The average molecular weight is 423 g/mol. The highest BCUT2D eigenvalue weighted by Crippen LogP contribution is 2.29. The molecule has 1 saturated carbocycles. The third-order valence-corrected chi connectivity index (χ3v) is 5.45. The molecule has 0 bridgehead atoms. The number of nitrogens with zero attached hydrogens (tertiary/aromatic N) is 3. The fraction of sp³-hybridized carbons (Fsp3) is 0.458. The van der Waals surface area contributed by atoms with Crippen molar-refractivity contribution >= 4 is 12.0 Å². The first-order valence-corrected chi connectivity index (χ1v) is 10.6. The van der Waals surface area contributed by atoms with Crippen molar-refractivity contribution < 1.29 is 14.3 Å². The molecular weight excluding hydrogens is 392 g/mol. The Morgan fingerprint density at radius 3 is 2.81 bits per heavy atom. The molecule has 0 aliphatic heterocycles. The van der Waals surface area contributed by atoms with E-state index in [4.69, 9.17) is 9.47 Å². The van der Waals surface area contributed by atoms with E-state index < -0.39 is 5.91 Å². The van der Waals surface area contributed by atoms with Crippen LogP contribution in [0.3, 0.4) is 0 Å². The lowest BCUT2D eigenvalue weighted by molar-refractivity contribution is -0.117. The van der Waals surface area contributed by atoms with Crippen molar-refractivity contribution in [2.24, 2.45) is 5.92 Å². The maximum atomic E-state index is 12.6. The standard InChI is InChI=1S/C24H30N4O3/c1-16-9-21(18(3)28(16)17(2)14-30-4)10-22(11-25)24(29)27-13-20-7-8-23(26-12-20)31-15-19-5-6-19/h7-10,12,17,19H,5-6,13-15H2,1-4H3,(H,27,29)/b22-10-. The van der Waals surface area contributed by atoms with Crippen LogP contribution in [0.25, 0.3) is 6.08 Å². The second kappa shape index (κ2) is 10.3. The number of carbonyl (C=O) groups is 1. The predicted octanol–water partition coefficient (Wildman–Crippen LogP) is 3.72. The summed E-state index contributed by atoms with van der Waals surface area (Å²) in [6, 6.07) is 7.84. The van der Waals surface area contributed by atoms with Crippen LogP contribution in [0.2, 0.25) is 0 Å². The first kappa shape index (κ1) is 22.6. The molecular formula is C24H30N4O3. The predicted molar refractivity (Wildman–Crippen MR) is 118 cm³/mol. The van der Waals surface area contributed by atoms with Gasteiger partial charge >= 0.3 is 0 Å². The summed E-state index contributed by atoms with van der Waals surface area (Å²) < 4.78 is 13.0. The molecule has 1 aliphatic carbocycles. The van der Waals surface area contributed by atoms with Crippen molar-refractivity contribution in [3.05, 3.63) is 52.5 Å². The molecule has 1 N–H and O–H groups in total. The SMILES string of the molecule is COCC(C)n1c(C)cc(/C=C(/C#N)C(=O)NCc2ccc(OCC3CC3)nc2)c1C. The number of hydrogen-bond acceptors (Lipinski definition) is 5. The summed E-state index contributed by atoms with van der Waals surface area (Å²) in [7, 11) is 1.67. The Labute approximate surface area is 183 Å². The molecule has 1 aliphatic rings. The minimum Gasteiger partial charge on any atom is -0.477 e. The van der Waals surface area contributed by atoms with Crippen molar-refractivity contribution in [2.45, 2.75) is 46.2 Å². The first-order chi connectivity index (χ1) is 14.9. The zero-order chi connectivity index (χ0) is 22.4. The number of carbonyl (C=O) groups excluding carboxylic acids is 1. The number of pyridine rings is 1. The van der Waals surface area contributed by atoms with Gasteiger partial charge in [-0.15, -0.1) is 0 Å². The fourth-order valence-electron chi connectivity index (χ4n) is 3.61. The second-order valence-corrected chi connectivity index (χ2v) is 8.11. The van der Waals surface area contributed by atoms with Gasteiger partial charge in [0.25, 0.3) is 5.91 Å². The van der Waals surface area contributed by atoms with Crippen LogP contribution in [0, 0.1) is 31.1 Å². The lowest BCUT2D eigenvalue weighted by Gasteiger charge is -2.17. The summed E-state index contributed by atoms with van der Waals surface area (Å²) in [5, 5.41) is 12.3. The Balaban J connectivity index is 1.63. The molecule has 2 heterocycles. The fourth-order valence-corrected chi connectivity index (χ4v) is 3.61. The molecule has 2 aromatic heterocycles. The molecule has 0 saturated heterocycles. The largest absolute Gasteiger partial charge is 0.477 e. The summed E-state index contributed by atoms with van der Waals surface area (Å²) in [5.74, 6) is 0.855. The van der Waals surface area contributed by atoms with Gasteiger partial charge in [-0.05, 0) is 62.8 Å². The first-order valence-electron chi connectivity index (χ1n) is 10.6. The Morgan fingerprint density at radius 1 is 1.42 bits per heavy atom. The number of ether oxygens (including phenoxy) is 2. The zero-order valence-electron chi connectivity index (χ0n) is 18.6. The minimum atomic E-state index is -0.411. The van der Waals surface area contributed by atoms with Crippen LogP contribution in [0.4, 0.5) is 0 Å². The van der Waals surface area contributed by atoms with E-state index in [1.165, 1.54) is 12.8 Å². The molecule has 31 heavy (non-hydrogen) atoms. The Kier molecular flexibility index (Phi) is 7.48. The van der Waals surface area contributed by atoms with Crippen molar-refractivity contribution in [1.29, 1.82) is 5.26 Å². The number of methoxy groups -OCH3 is 1. The molecule has 0 spiro atoms. The maximum absolute atomic E-state index is 12.6. The number of aryl methyl sites for hydroxylation is 1. The molecule has 7 nitrogen and oxygen atoms in total. The van der Waals surface area contributed by atoms with Crippen LogP contribution in [-0.2, 0) is 16.1 Å². The third kappa shape index (κ3) is 5.96. The smallest absolute Gasteiger partial charge is 0.262 e. The van der Waals surface area contributed by atoms with Gasteiger partial charge in [0, 0.05) is 37.3 Å². The van der Waals surface area contributed by atoms with Crippen LogP contribution < -0.4 is 10.1 Å². The quantitative estimate of drug-likeness (QED) is 0.466. The summed E-state index contributed by atoms with van der Waals surface area (Å²) in [4.78, 5) is 16.8. The highest BCUT2D eigenvalue weighted by Gasteiger charge is 2.22. The van der Waals surface area contributed by atoms with E-state index in [9.17, 15) is 10.1 Å². The van der Waals surface area contributed by atoms with Crippen molar-refractivity contribution in [1.82, 2.24) is 14.9 Å². The summed E-state index contributed by atoms with van der Waals surface area (Å²) in [5.41, 5.74) is 3.81. The van der Waals surface area contributed by atoms with Gasteiger partial charge in [-0.2, -0.15) is 5.26 Å². The Morgan fingerprint density at radius 2 is 2.19 bits per heavy atom. The molecule has 1 unspecified atom stereocenters. The molecule has 0 radical (unpaired) electrons. The van der Waals surface area contributed by atoms with E-state index in [1.807, 2.05) is 32.0 Å². The number of nitrogens with one attached hydrogen (secondary N) is 1. The third-order valence-electron chi connectivity index (χ3n) is 5.45. The van der Waals surface area contributed by atoms with Gasteiger partial charge in [-0.25, -0.2) is 4.98 Å². The van der Waals surface area contributed by atoms with E-state index in [-0.39, 0.29) is 18.2 Å². The number of aromatic nitrogens is 2. The van der Waals surface area contributed by atoms with Gasteiger partial charge < -0.3 is 19.4 Å². The van der Waals surface area contributed by atoms with Gasteiger partial charge in [0.2, 0.25) is 5.88 Å². The van der Waals surface area contributed by atoms with Gasteiger partial charge in [-0.1, -0.05) is 6.07 Å². The molecule has 7 heteroatoms. The topological polar surface area (TPSA) is 89.2 Å². The van der Waals surface area contributed by atoms with E-state index >= 15 is 0 Å². The molecule has 1 fully saturated rings. The average Bonchev–Trinajstić information content (AvgIpc) is 3.54. The molecule has 0 aromatic carbocycles. The number of nitriles is 1.